The van der Waals surface area contributed by atoms with Crippen molar-refractivity contribution in [3.8, 4) is 22.8 Å². The van der Waals surface area contributed by atoms with Gasteiger partial charge in [0.2, 0.25) is 15.9 Å². The third-order valence-corrected chi connectivity index (χ3v) is 5.70. The quantitative estimate of drug-likeness (QED) is 0.487. The van der Waals surface area contributed by atoms with Crippen molar-refractivity contribution in [3.05, 3.63) is 77.3 Å². The lowest BCUT2D eigenvalue weighted by molar-refractivity contribution is 0.462. The highest BCUT2D eigenvalue weighted by atomic mass is 35.5. The molecule has 0 saturated carbocycles. The molecule has 0 aliphatic heterocycles. The Hall–Kier alpha value is -3.07. The maximum absolute atomic E-state index is 14.8. The molecule has 0 unspecified atom stereocenters. The number of aryl methyl sites for hydroxylation is 1. The van der Waals surface area contributed by atoms with Crippen molar-refractivity contribution >= 4 is 32.5 Å². The predicted molar refractivity (Wildman–Crippen MR) is 113 cm³/mol. The predicted octanol–water partition coefficient (Wildman–Crippen LogP) is 4.84. The number of fused-ring (bicyclic) bond motifs is 1. The molecule has 0 saturated heterocycles. The minimum absolute atomic E-state index is 0.0712. The van der Waals surface area contributed by atoms with Crippen LogP contribution < -0.4 is 9.88 Å². The molecule has 0 atom stereocenters. The summed E-state index contributed by atoms with van der Waals surface area (Å²) in [5.74, 6) is -0.225. The fourth-order valence-corrected chi connectivity index (χ4v) is 3.98. The molecule has 30 heavy (non-hydrogen) atoms. The fraction of sp³-hybridized carbons (Fsp3) is 0.0476. The van der Waals surface area contributed by atoms with Gasteiger partial charge in [0.05, 0.1) is 16.6 Å². The lowest BCUT2D eigenvalue weighted by Crippen LogP contribution is -2.14. The number of halogens is 2. The number of sulfonamides is 1. The van der Waals surface area contributed by atoms with E-state index in [1.165, 1.54) is 37.5 Å². The van der Waals surface area contributed by atoms with Crippen LogP contribution in [-0.4, -0.2) is 18.4 Å². The Balaban J connectivity index is 1.75. The third-order valence-electron chi connectivity index (χ3n) is 4.48. The Morgan fingerprint density at radius 3 is 2.57 bits per heavy atom. The smallest absolute Gasteiger partial charge is 0.238 e. The van der Waals surface area contributed by atoms with Crippen LogP contribution in [0.25, 0.3) is 22.0 Å². The topological polar surface area (TPSA) is 95.2 Å². The Kier molecular flexibility index (Phi) is 5.15. The average molecular weight is 444 g/mol. The first-order valence-corrected chi connectivity index (χ1v) is 10.7. The van der Waals surface area contributed by atoms with Crippen molar-refractivity contribution < 1.29 is 17.5 Å². The summed E-state index contributed by atoms with van der Waals surface area (Å²) in [6.07, 6.45) is 2.82. The van der Waals surface area contributed by atoms with Gasteiger partial charge in [-0.25, -0.2) is 22.9 Å². The van der Waals surface area contributed by atoms with Gasteiger partial charge in [-0.15, -0.1) is 0 Å². The second-order valence-corrected chi connectivity index (χ2v) is 8.53. The number of nitrogens with zero attached hydrogens (tertiary/aromatic N) is 2. The Labute approximate surface area is 177 Å². The molecule has 2 heterocycles. The van der Waals surface area contributed by atoms with Crippen molar-refractivity contribution in [3.63, 3.8) is 0 Å². The summed E-state index contributed by atoms with van der Waals surface area (Å²) < 4.78 is 44.3. The van der Waals surface area contributed by atoms with Crippen molar-refractivity contribution in [2.24, 2.45) is 5.14 Å². The molecule has 9 heteroatoms. The van der Waals surface area contributed by atoms with Crippen LogP contribution >= 0.6 is 11.6 Å². The fourth-order valence-electron chi connectivity index (χ4n) is 3.02. The largest absolute Gasteiger partial charge is 0.436 e. The summed E-state index contributed by atoms with van der Waals surface area (Å²) in [5.41, 5.74) is 1.04. The van der Waals surface area contributed by atoms with E-state index in [0.717, 1.165) is 10.9 Å². The first-order chi connectivity index (χ1) is 14.2. The molecular formula is C21H15ClFN3O3S. The summed E-state index contributed by atoms with van der Waals surface area (Å²) in [6, 6.07) is 13.3. The Morgan fingerprint density at radius 1 is 1.07 bits per heavy atom. The molecule has 0 fully saturated rings. The van der Waals surface area contributed by atoms with Crippen molar-refractivity contribution in [2.75, 3.05) is 0 Å². The molecule has 152 valence electrons. The van der Waals surface area contributed by atoms with E-state index in [-0.39, 0.29) is 32.5 Å². The van der Waals surface area contributed by atoms with E-state index in [9.17, 15) is 12.8 Å². The van der Waals surface area contributed by atoms with Gasteiger partial charge in [-0.3, -0.25) is 4.98 Å². The molecule has 0 aliphatic carbocycles. The van der Waals surface area contributed by atoms with Crippen molar-refractivity contribution in [1.29, 1.82) is 0 Å². The monoisotopic (exact) mass is 443 g/mol. The molecule has 4 rings (SSSR count). The SMILES string of the molecule is Cc1ccc(S(N)(=O)=O)c(-c2cnc(Oc3cnc4ccccc4c3)c(Cl)c2)c1F. The van der Waals surface area contributed by atoms with Crippen LogP contribution in [0.5, 0.6) is 11.6 Å². The maximum Gasteiger partial charge on any atom is 0.238 e. The Bertz CT molecular complexity index is 1390. The lowest BCUT2D eigenvalue weighted by Gasteiger charge is -2.13. The van der Waals surface area contributed by atoms with Crippen LogP contribution in [-0.2, 0) is 10.0 Å². The number of hydrogen-bond donors (Lipinski definition) is 1. The number of pyridine rings is 2. The van der Waals surface area contributed by atoms with E-state index in [1.807, 2.05) is 24.3 Å². The van der Waals surface area contributed by atoms with Gasteiger partial charge in [0.25, 0.3) is 0 Å². The zero-order valence-electron chi connectivity index (χ0n) is 15.6. The van der Waals surface area contributed by atoms with E-state index in [1.54, 1.807) is 6.07 Å². The van der Waals surface area contributed by atoms with Crippen LogP contribution in [0.15, 0.2) is 65.8 Å². The molecule has 2 aromatic heterocycles. The van der Waals surface area contributed by atoms with Gasteiger partial charge in [-0.2, -0.15) is 0 Å². The molecule has 6 nitrogen and oxygen atoms in total. The number of nitrogens with two attached hydrogens (primary N) is 1. The van der Waals surface area contributed by atoms with Crippen LogP contribution in [0.3, 0.4) is 0 Å². The number of ether oxygens (including phenoxy) is 1. The summed E-state index contributed by atoms with van der Waals surface area (Å²) in [6.45, 7) is 1.52. The van der Waals surface area contributed by atoms with E-state index < -0.39 is 15.8 Å². The van der Waals surface area contributed by atoms with Gasteiger partial charge < -0.3 is 4.74 Å². The molecule has 4 aromatic rings. The number of benzene rings is 2. The van der Waals surface area contributed by atoms with Crippen molar-refractivity contribution in [1.82, 2.24) is 9.97 Å². The van der Waals surface area contributed by atoms with Gasteiger partial charge in [-0.1, -0.05) is 35.9 Å². The molecule has 2 aromatic carbocycles. The summed E-state index contributed by atoms with van der Waals surface area (Å²) in [5, 5.41) is 6.20. The van der Waals surface area contributed by atoms with Gasteiger partial charge in [0.15, 0.2) is 0 Å². The molecular weight excluding hydrogens is 429 g/mol. The highest BCUT2D eigenvalue weighted by molar-refractivity contribution is 7.89. The van der Waals surface area contributed by atoms with Gasteiger partial charge in [0, 0.05) is 22.7 Å². The summed E-state index contributed by atoms with van der Waals surface area (Å²) >= 11 is 6.30. The number of aromatic nitrogens is 2. The number of rotatable bonds is 4. The molecule has 2 N–H and O–H groups in total. The van der Waals surface area contributed by atoms with E-state index in [0.29, 0.717) is 5.75 Å². The zero-order valence-corrected chi connectivity index (χ0v) is 17.2. The first kappa shape index (κ1) is 20.2. The number of para-hydroxylation sites is 1. The third kappa shape index (κ3) is 3.85. The van der Waals surface area contributed by atoms with Crippen molar-refractivity contribution in [2.45, 2.75) is 11.8 Å². The first-order valence-electron chi connectivity index (χ1n) is 8.74. The summed E-state index contributed by atoms with van der Waals surface area (Å²) in [4.78, 5) is 8.09. The van der Waals surface area contributed by atoms with Gasteiger partial charge >= 0.3 is 0 Å². The molecule has 0 spiro atoms. The summed E-state index contributed by atoms with van der Waals surface area (Å²) in [7, 11) is -4.16. The lowest BCUT2D eigenvalue weighted by atomic mass is 10.0. The molecule has 0 radical (unpaired) electrons. The minimum atomic E-state index is -4.16. The molecule has 0 aliphatic rings. The standard InChI is InChI=1S/C21H15ClFN3O3S/c1-12-6-7-18(30(24,27)28)19(20(12)23)14-9-16(22)21(26-10-14)29-15-8-13-4-2-3-5-17(13)25-11-15/h2-11H,1H3,(H2,24,27,28). The number of primary sulfonamides is 1. The Morgan fingerprint density at radius 2 is 1.83 bits per heavy atom. The van der Waals surface area contributed by atoms with Gasteiger partial charge in [0.1, 0.15) is 16.6 Å². The second-order valence-electron chi connectivity index (χ2n) is 6.59. The average Bonchev–Trinajstić information content (AvgIpc) is 2.70. The normalized spacial score (nSPS) is 11.6. The second kappa shape index (κ2) is 7.64. The molecule has 0 bridgehead atoms. The van der Waals surface area contributed by atoms with E-state index >= 15 is 0 Å². The molecule has 0 amide bonds. The maximum atomic E-state index is 14.8. The van der Waals surface area contributed by atoms with Crippen LogP contribution in [0.2, 0.25) is 5.02 Å². The zero-order chi connectivity index (χ0) is 21.5. The van der Waals surface area contributed by atoms with E-state index in [2.05, 4.69) is 9.97 Å². The van der Waals surface area contributed by atoms with Crippen LogP contribution in [0.1, 0.15) is 5.56 Å². The highest BCUT2D eigenvalue weighted by Gasteiger charge is 2.22. The van der Waals surface area contributed by atoms with Crippen LogP contribution in [0, 0.1) is 12.7 Å². The minimum Gasteiger partial charge on any atom is -0.436 e. The number of hydrogen-bond acceptors (Lipinski definition) is 5. The van der Waals surface area contributed by atoms with E-state index in [4.69, 9.17) is 21.5 Å². The van der Waals surface area contributed by atoms with Gasteiger partial charge in [-0.05, 0) is 36.8 Å². The highest BCUT2D eigenvalue weighted by Crippen LogP contribution is 2.36. The van der Waals surface area contributed by atoms with Crippen LogP contribution in [0.4, 0.5) is 4.39 Å².